The number of nitrogens with zero attached hydrogens (tertiary/aromatic N) is 2. The van der Waals surface area contributed by atoms with Crippen molar-refractivity contribution in [3.05, 3.63) is 28.3 Å². The van der Waals surface area contributed by atoms with Gasteiger partial charge >= 0.3 is 0 Å². The first kappa shape index (κ1) is 15.3. The summed E-state index contributed by atoms with van der Waals surface area (Å²) in [6, 6.07) is 5.66. The number of rotatable bonds is 6. The number of thiazole rings is 1. The maximum atomic E-state index is 12.0. The van der Waals surface area contributed by atoms with Crippen LogP contribution in [0.15, 0.2) is 22.8 Å². The van der Waals surface area contributed by atoms with Crippen molar-refractivity contribution in [1.29, 1.82) is 5.26 Å². The zero-order chi connectivity index (χ0) is 15.2. The minimum absolute atomic E-state index is 0.0897. The summed E-state index contributed by atoms with van der Waals surface area (Å²) >= 11 is 1.49. The average Bonchev–Trinajstić information content (AvgIpc) is 3.07. The van der Waals surface area contributed by atoms with Crippen LogP contribution in [-0.4, -0.2) is 16.9 Å². The lowest BCUT2D eigenvalue weighted by Gasteiger charge is -2.12. The van der Waals surface area contributed by atoms with Gasteiger partial charge in [-0.15, -0.1) is 11.3 Å². The van der Waals surface area contributed by atoms with Crippen LogP contribution in [0.25, 0.3) is 11.5 Å². The Labute approximate surface area is 127 Å². The first-order chi connectivity index (χ1) is 10.1. The van der Waals surface area contributed by atoms with E-state index in [0.29, 0.717) is 12.2 Å². The molecule has 2 rings (SSSR count). The average molecular weight is 303 g/mol. The molecule has 1 amide bonds. The Morgan fingerprint density at radius 3 is 3.05 bits per heavy atom. The highest BCUT2D eigenvalue weighted by Gasteiger charge is 2.16. The van der Waals surface area contributed by atoms with E-state index in [1.54, 1.807) is 6.26 Å². The molecule has 110 valence electrons. The van der Waals surface area contributed by atoms with Crippen molar-refractivity contribution in [2.45, 2.75) is 39.2 Å². The number of aromatic nitrogens is 1. The summed E-state index contributed by atoms with van der Waals surface area (Å²) < 4.78 is 5.34. The molecule has 6 heteroatoms. The van der Waals surface area contributed by atoms with Gasteiger partial charge in [0, 0.05) is 10.9 Å². The molecule has 0 aliphatic rings. The van der Waals surface area contributed by atoms with Gasteiger partial charge in [0.25, 0.3) is 0 Å². The van der Waals surface area contributed by atoms with Crippen LogP contribution in [-0.2, 0) is 11.2 Å². The molecule has 21 heavy (non-hydrogen) atoms. The number of nitrogens with one attached hydrogen (secondary N) is 1. The third kappa shape index (κ3) is 3.92. The van der Waals surface area contributed by atoms with Crippen LogP contribution < -0.4 is 5.32 Å². The van der Waals surface area contributed by atoms with Crippen LogP contribution in [0.4, 0.5) is 0 Å². The number of hydrogen-bond acceptors (Lipinski definition) is 5. The Morgan fingerprint density at radius 1 is 1.62 bits per heavy atom. The molecule has 0 bridgehead atoms. The van der Waals surface area contributed by atoms with Gasteiger partial charge in [-0.3, -0.25) is 4.79 Å². The summed E-state index contributed by atoms with van der Waals surface area (Å²) in [4.78, 5) is 17.5. The summed E-state index contributed by atoms with van der Waals surface area (Å²) in [7, 11) is 0. The molecule has 0 saturated carbocycles. The van der Waals surface area contributed by atoms with Gasteiger partial charge < -0.3 is 9.73 Å². The van der Waals surface area contributed by atoms with Gasteiger partial charge in [0.05, 0.1) is 25.2 Å². The largest absolute Gasteiger partial charge is 0.463 e. The van der Waals surface area contributed by atoms with Crippen molar-refractivity contribution >= 4 is 17.2 Å². The van der Waals surface area contributed by atoms with Crippen LogP contribution in [0.3, 0.4) is 0 Å². The topological polar surface area (TPSA) is 78.9 Å². The smallest absolute Gasteiger partial charge is 0.227 e. The Kier molecular flexibility index (Phi) is 5.12. The summed E-state index contributed by atoms with van der Waals surface area (Å²) in [5.41, 5.74) is 0.789. The van der Waals surface area contributed by atoms with Crippen LogP contribution in [0.5, 0.6) is 0 Å². The second kappa shape index (κ2) is 7.04. The zero-order valence-electron chi connectivity index (χ0n) is 12.0. The first-order valence-corrected chi connectivity index (χ1v) is 7.62. The summed E-state index contributed by atoms with van der Waals surface area (Å²) in [6.07, 6.45) is 2.91. The van der Waals surface area contributed by atoms with Gasteiger partial charge in [0.15, 0.2) is 5.76 Å². The normalized spacial score (nSPS) is 11.9. The molecule has 2 aromatic rings. The van der Waals surface area contributed by atoms with Crippen molar-refractivity contribution in [2.75, 3.05) is 0 Å². The zero-order valence-corrected chi connectivity index (χ0v) is 12.9. The number of carbonyl (C=O) groups excluding carboxylic acids is 1. The highest BCUT2D eigenvalue weighted by Crippen LogP contribution is 2.27. The van der Waals surface area contributed by atoms with Gasteiger partial charge in [0.1, 0.15) is 10.7 Å². The minimum atomic E-state index is -0.100. The van der Waals surface area contributed by atoms with E-state index < -0.39 is 0 Å². The lowest BCUT2D eigenvalue weighted by molar-refractivity contribution is -0.121. The van der Waals surface area contributed by atoms with Gasteiger partial charge in [-0.25, -0.2) is 4.98 Å². The highest BCUT2D eigenvalue weighted by molar-refractivity contribution is 7.12. The van der Waals surface area contributed by atoms with Gasteiger partial charge in [-0.05, 0) is 25.5 Å². The maximum absolute atomic E-state index is 12.0. The van der Waals surface area contributed by atoms with E-state index in [2.05, 4.69) is 16.4 Å². The monoisotopic (exact) mass is 303 g/mol. The number of aryl methyl sites for hydroxylation is 1. The number of amides is 1. The van der Waals surface area contributed by atoms with Crippen LogP contribution in [0.1, 0.15) is 29.7 Å². The van der Waals surface area contributed by atoms with E-state index in [1.807, 2.05) is 26.0 Å². The lowest BCUT2D eigenvalue weighted by atomic mass is 10.1. The molecule has 0 aliphatic carbocycles. The second-order valence-electron chi connectivity index (χ2n) is 4.70. The van der Waals surface area contributed by atoms with E-state index in [-0.39, 0.29) is 18.4 Å². The molecule has 1 N–H and O–H groups in total. The molecule has 0 aliphatic heterocycles. The summed E-state index contributed by atoms with van der Waals surface area (Å²) in [6.45, 7) is 3.91. The second-order valence-corrected chi connectivity index (χ2v) is 5.99. The SMILES string of the molecule is CC[C@@H](CC#N)NC(=O)Cc1nc(-c2ccco2)c(C)s1. The summed E-state index contributed by atoms with van der Waals surface area (Å²) in [5.74, 6) is 0.614. The third-order valence-electron chi connectivity index (χ3n) is 3.10. The molecule has 0 fully saturated rings. The number of nitriles is 1. The lowest BCUT2D eigenvalue weighted by Crippen LogP contribution is -2.35. The van der Waals surface area contributed by atoms with Crippen molar-refractivity contribution in [3.8, 4) is 17.5 Å². The summed E-state index contributed by atoms with van der Waals surface area (Å²) in [5, 5.41) is 12.3. The van der Waals surface area contributed by atoms with E-state index >= 15 is 0 Å². The molecule has 0 radical (unpaired) electrons. The fraction of sp³-hybridized carbons (Fsp3) is 0.400. The number of carbonyl (C=O) groups is 1. The van der Waals surface area contributed by atoms with Gasteiger partial charge in [0.2, 0.25) is 5.91 Å². The minimum Gasteiger partial charge on any atom is -0.463 e. The molecular weight excluding hydrogens is 286 g/mol. The van der Waals surface area contributed by atoms with E-state index in [4.69, 9.17) is 9.68 Å². The molecule has 2 heterocycles. The van der Waals surface area contributed by atoms with Crippen LogP contribution in [0, 0.1) is 18.3 Å². The fourth-order valence-electron chi connectivity index (χ4n) is 1.99. The quantitative estimate of drug-likeness (QED) is 0.889. The Bertz CT molecular complexity index is 640. The molecule has 0 spiro atoms. The highest BCUT2D eigenvalue weighted by atomic mass is 32.1. The molecule has 1 atom stereocenters. The maximum Gasteiger partial charge on any atom is 0.227 e. The van der Waals surface area contributed by atoms with Crippen LogP contribution >= 0.6 is 11.3 Å². The van der Waals surface area contributed by atoms with Crippen molar-refractivity contribution in [1.82, 2.24) is 10.3 Å². The van der Waals surface area contributed by atoms with E-state index in [9.17, 15) is 4.79 Å². The van der Waals surface area contributed by atoms with Gasteiger partial charge in [-0.2, -0.15) is 5.26 Å². The van der Waals surface area contributed by atoms with E-state index in [1.165, 1.54) is 11.3 Å². The van der Waals surface area contributed by atoms with Crippen LogP contribution in [0.2, 0.25) is 0 Å². The predicted octanol–water partition coefficient (Wildman–Crippen LogP) is 3.06. The molecule has 2 aromatic heterocycles. The molecule has 0 saturated heterocycles. The van der Waals surface area contributed by atoms with Crippen molar-refractivity contribution in [2.24, 2.45) is 0 Å². The third-order valence-corrected chi connectivity index (χ3v) is 4.07. The molecule has 0 unspecified atom stereocenters. The predicted molar refractivity (Wildman–Crippen MR) is 80.7 cm³/mol. The number of furan rings is 1. The molecular formula is C15H17N3O2S. The van der Waals surface area contributed by atoms with Gasteiger partial charge in [-0.1, -0.05) is 6.92 Å². The standard InChI is InChI=1S/C15H17N3O2S/c1-3-11(6-7-16)17-13(19)9-14-18-15(10(2)21-14)12-5-4-8-20-12/h4-5,8,11H,3,6,9H2,1-2H3,(H,17,19)/t11-/m0/s1. The number of hydrogen-bond donors (Lipinski definition) is 1. The Morgan fingerprint density at radius 2 is 2.43 bits per heavy atom. The fourth-order valence-corrected chi connectivity index (χ4v) is 2.93. The Balaban J connectivity index is 2.02. The van der Waals surface area contributed by atoms with Crippen molar-refractivity contribution < 1.29 is 9.21 Å². The first-order valence-electron chi connectivity index (χ1n) is 6.80. The van der Waals surface area contributed by atoms with Crippen molar-refractivity contribution in [3.63, 3.8) is 0 Å². The Hall–Kier alpha value is -2.13. The van der Waals surface area contributed by atoms with E-state index in [0.717, 1.165) is 22.0 Å². The molecule has 5 nitrogen and oxygen atoms in total. The molecule has 0 aromatic carbocycles.